The summed E-state index contributed by atoms with van der Waals surface area (Å²) in [5.74, 6) is 0.795. The molecule has 2 nitrogen and oxygen atoms in total. The van der Waals surface area contributed by atoms with Crippen LogP contribution in [0.25, 0.3) is 0 Å². The van der Waals surface area contributed by atoms with Gasteiger partial charge in [-0.3, -0.25) is 4.98 Å². The van der Waals surface area contributed by atoms with Crippen molar-refractivity contribution in [2.45, 2.75) is 37.6 Å². The maximum atomic E-state index is 6.27. The van der Waals surface area contributed by atoms with Gasteiger partial charge in [-0.05, 0) is 47.9 Å². The standard InChI is InChI=1S/C17H20N2/c18-17(11-13-3-2-10-19-12-13)16-8-6-15(7-9-16)14-4-1-5-14/h2-3,6-10,12,14,17H,1,4-5,11,18H2. The maximum absolute atomic E-state index is 6.27. The molecule has 19 heavy (non-hydrogen) atoms. The van der Waals surface area contributed by atoms with Gasteiger partial charge in [0.15, 0.2) is 0 Å². The molecule has 1 aliphatic rings. The van der Waals surface area contributed by atoms with Gasteiger partial charge >= 0.3 is 0 Å². The summed E-state index contributed by atoms with van der Waals surface area (Å²) >= 11 is 0. The highest BCUT2D eigenvalue weighted by Crippen LogP contribution is 2.36. The summed E-state index contributed by atoms with van der Waals surface area (Å²) < 4.78 is 0. The molecule has 1 fully saturated rings. The summed E-state index contributed by atoms with van der Waals surface area (Å²) in [7, 11) is 0. The Hall–Kier alpha value is -1.67. The van der Waals surface area contributed by atoms with E-state index < -0.39 is 0 Å². The maximum Gasteiger partial charge on any atom is 0.0336 e. The second-order valence-corrected chi connectivity index (χ2v) is 5.47. The van der Waals surface area contributed by atoms with Crippen LogP contribution in [-0.4, -0.2) is 4.98 Å². The van der Waals surface area contributed by atoms with E-state index in [0.717, 1.165) is 12.3 Å². The average molecular weight is 252 g/mol. The van der Waals surface area contributed by atoms with Crippen molar-refractivity contribution in [3.63, 3.8) is 0 Å². The average Bonchev–Trinajstić information content (AvgIpc) is 2.39. The number of rotatable bonds is 4. The zero-order valence-corrected chi connectivity index (χ0v) is 11.1. The normalized spacial score (nSPS) is 16.9. The van der Waals surface area contributed by atoms with Crippen molar-refractivity contribution >= 4 is 0 Å². The van der Waals surface area contributed by atoms with Gasteiger partial charge in [-0.15, -0.1) is 0 Å². The first-order chi connectivity index (χ1) is 9.33. The molecule has 3 rings (SSSR count). The van der Waals surface area contributed by atoms with E-state index in [1.165, 1.54) is 36.0 Å². The number of hydrogen-bond acceptors (Lipinski definition) is 2. The van der Waals surface area contributed by atoms with Crippen LogP contribution in [0.5, 0.6) is 0 Å². The molecule has 1 aliphatic carbocycles. The van der Waals surface area contributed by atoms with E-state index in [4.69, 9.17) is 5.73 Å². The highest BCUT2D eigenvalue weighted by molar-refractivity contribution is 5.29. The molecule has 2 aromatic rings. The van der Waals surface area contributed by atoms with Crippen molar-refractivity contribution in [1.82, 2.24) is 4.98 Å². The summed E-state index contributed by atoms with van der Waals surface area (Å²) in [4.78, 5) is 4.13. The topological polar surface area (TPSA) is 38.9 Å². The fourth-order valence-electron chi connectivity index (χ4n) is 2.65. The predicted octanol–water partition coefficient (Wildman–Crippen LogP) is 3.59. The molecule has 2 N–H and O–H groups in total. The van der Waals surface area contributed by atoms with Crippen molar-refractivity contribution in [1.29, 1.82) is 0 Å². The van der Waals surface area contributed by atoms with Crippen LogP contribution >= 0.6 is 0 Å². The summed E-state index contributed by atoms with van der Waals surface area (Å²) in [5.41, 5.74) is 10.2. The van der Waals surface area contributed by atoms with E-state index in [1.54, 1.807) is 6.20 Å². The van der Waals surface area contributed by atoms with Crippen LogP contribution in [0.3, 0.4) is 0 Å². The molecule has 98 valence electrons. The highest BCUT2D eigenvalue weighted by atomic mass is 14.6. The minimum Gasteiger partial charge on any atom is -0.324 e. The zero-order valence-electron chi connectivity index (χ0n) is 11.1. The van der Waals surface area contributed by atoms with Gasteiger partial charge in [0, 0.05) is 18.4 Å². The third kappa shape index (κ3) is 2.85. The van der Waals surface area contributed by atoms with Gasteiger partial charge in [0.1, 0.15) is 0 Å². The molecular weight excluding hydrogens is 232 g/mol. The van der Waals surface area contributed by atoms with Gasteiger partial charge < -0.3 is 5.73 Å². The van der Waals surface area contributed by atoms with Gasteiger partial charge in [-0.2, -0.15) is 0 Å². The van der Waals surface area contributed by atoms with E-state index >= 15 is 0 Å². The minimum atomic E-state index is 0.0552. The fraction of sp³-hybridized carbons (Fsp3) is 0.353. The predicted molar refractivity (Wildman–Crippen MR) is 77.9 cm³/mol. The lowest BCUT2D eigenvalue weighted by Gasteiger charge is -2.26. The quantitative estimate of drug-likeness (QED) is 0.903. The molecule has 1 aromatic heterocycles. The Morgan fingerprint density at radius 2 is 1.95 bits per heavy atom. The minimum absolute atomic E-state index is 0.0552. The Labute approximate surface area is 114 Å². The number of pyridine rings is 1. The summed E-state index contributed by atoms with van der Waals surface area (Å²) in [5, 5.41) is 0. The van der Waals surface area contributed by atoms with Gasteiger partial charge in [0.05, 0.1) is 0 Å². The van der Waals surface area contributed by atoms with Crippen LogP contribution in [0, 0.1) is 0 Å². The van der Waals surface area contributed by atoms with Crippen LogP contribution in [0.4, 0.5) is 0 Å². The van der Waals surface area contributed by atoms with E-state index in [9.17, 15) is 0 Å². The van der Waals surface area contributed by atoms with Crippen LogP contribution < -0.4 is 5.73 Å². The lowest BCUT2D eigenvalue weighted by Crippen LogP contribution is -2.14. The Balaban J connectivity index is 1.67. The van der Waals surface area contributed by atoms with Gasteiger partial charge in [-0.1, -0.05) is 36.8 Å². The highest BCUT2D eigenvalue weighted by Gasteiger charge is 2.19. The van der Waals surface area contributed by atoms with Crippen LogP contribution in [0.15, 0.2) is 48.8 Å². The zero-order chi connectivity index (χ0) is 13.1. The van der Waals surface area contributed by atoms with Crippen molar-refractivity contribution in [2.24, 2.45) is 5.73 Å². The molecule has 1 unspecified atom stereocenters. The summed E-state index contributed by atoms with van der Waals surface area (Å²) in [6.07, 6.45) is 8.61. The molecule has 1 aromatic carbocycles. The number of nitrogens with zero attached hydrogens (tertiary/aromatic N) is 1. The molecule has 0 bridgehead atoms. The van der Waals surface area contributed by atoms with Crippen LogP contribution in [0.1, 0.15) is 47.9 Å². The molecule has 2 heteroatoms. The molecule has 0 amide bonds. The summed E-state index contributed by atoms with van der Waals surface area (Å²) in [6, 6.07) is 13.0. The van der Waals surface area contributed by atoms with Crippen molar-refractivity contribution < 1.29 is 0 Å². The Bertz CT molecular complexity index is 515. The second kappa shape index (κ2) is 5.54. The molecule has 1 atom stereocenters. The molecule has 0 aliphatic heterocycles. The van der Waals surface area contributed by atoms with Crippen LogP contribution in [0.2, 0.25) is 0 Å². The first-order valence-electron chi connectivity index (χ1n) is 7.07. The lowest BCUT2D eigenvalue weighted by molar-refractivity contribution is 0.419. The largest absolute Gasteiger partial charge is 0.324 e. The van der Waals surface area contributed by atoms with Crippen molar-refractivity contribution in [3.05, 3.63) is 65.5 Å². The smallest absolute Gasteiger partial charge is 0.0336 e. The summed E-state index contributed by atoms with van der Waals surface area (Å²) in [6.45, 7) is 0. The van der Waals surface area contributed by atoms with Crippen LogP contribution in [-0.2, 0) is 6.42 Å². The van der Waals surface area contributed by atoms with Gasteiger partial charge in [0.2, 0.25) is 0 Å². The molecule has 1 heterocycles. The van der Waals surface area contributed by atoms with Gasteiger partial charge in [-0.25, -0.2) is 0 Å². The first-order valence-corrected chi connectivity index (χ1v) is 7.07. The SMILES string of the molecule is NC(Cc1cccnc1)c1ccc(C2CCC2)cc1. The number of benzene rings is 1. The Morgan fingerprint density at radius 3 is 2.53 bits per heavy atom. The molecule has 0 saturated heterocycles. The molecule has 1 saturated carbocycles. The molecule has 0 radical (unpaired) electrons. The monoisotopic (exact) mass is 252 g/mol. The fourth-order valence-corrected chi connectivity index (χ4v) is 2.65. The molecular formula is C17H20N2. The van der Waals surface area contributed by atoms with E-state index in [1.807, 2.05) is 12.3 Å². The number of nitrogens with two attached hydrogens (primary N) is 1. The van der Waals surface area contributed by atoms with E-state index in [0.29, 0.717) is 0 Å². The van der Waals surface area contributed by atoms with Crippen molar-refractivity contribution in [2.75, 3.05) is 0 Å². The first kappa shape index (κ1) is 12.4. The second-order valence-electron chi connectivity index (χ2n) is 5.47. The number of hydrogen-bond donors (Lipinski definition) is 1. The van der Waals surface area contributed by atoms with E-state index in [2.05, 4.69) is 35.3 Å². The van der Waals surface area contributed by atoms with Crippen molar-refractivity contribution in [3.8, 4) is 0 Å². The van der Waals surface area contributed by atoms with Gasteiger partial charge in [0.25, 0.3) is 0 Å². The third-order valence-corrected chi connectivity index (χ3v) is 4.12. The Morgan fingerprint density at radius 1 is 1.16 bits per heavy atom. The lowest BCUT2D eigenvalue weighted by atomic mass is 9.80. The third-order valence-electron chi connectivity index (χ3n) is 4.12. The van der Waals surface area contributed by atoms with E-state index in [-0.39, 0.29) is 6.04 Å². The number of aromatic nitrogens is 1. The Kier molecular flexibility index (Phi) is 3.60. The molecule has 0 spiro atoms.